The highest BCUT2D eigenvalue weighted by Gasteiger charge is 2.18. The van der Waals surface area contributed by atoms with Gasteiger partial charge in [0.05, 0.1) is 6.61 Å². The van der Waals surface area contributed by atoms with Gasteiger partial charge in [-0.1, -0.05) is 16.8 Å². The van der Waals surface area contributed by atoms with E-state index in [0.717, 1.165) is 0 Å². The lowest BCUT2D eigenvalue weighted by Gasteiger charge is -2.21. The van der Waals surface area contributed by atoms with E-state index >= 15 is 0 Å². The maximum Gasteiger partial charge on any atom is 0.261 e. The van der Waals surface area contributed by atoms with Crippen molar-refractivity contribution in [3.8, 4) is 5.75 Å². The Morgan fingerprint density at radius 3 is 2.68 bits per heavy atom. The van der Waals surface area contributed by atoms with E-state index in [0.29, 0.717) is 17.4 Å². The number of nitrogens with one attached hydrogen (secondary N) is 1. The third-order valence-electron chi connectivity index (χ3n) is 3.13. The fourth-order valence-corrected chi connectivity index (χ4v) is 2.02. The molecule has 0 bridgehead atoms. The highest BCUT2D eigenvalue weighted by Crippen LogP contribution is 2.15. The average molecular weight is 368 g/mol. The molecule has 1 aromatic carbocycles. The van der Waals surface area contributed by atoms with Crippen LogP contribution < -0.4 is 10.1 Å². The first-order valence-electron chi connectivity index (χ1n) is 7.44. The Morgan fingerprint density at radius 2 is 2.04 bits per heavy atom. The molecule has 8 nitrogen and oxygen atoms in total. The molecule has 1 heterocycles. The number of carbonyl (C=O) groups is 2. The number of hydrogen-bond donors (Lipinski definition) is 1. The van der Waals surface area contributed by atoms with Crippen LogP contribution in [0.2, 0.25) is 5.02 Å². The summed E-state index contributed by atoms with van der Waals surface area (Å²) >= 11 is 5.80. The van der Waals surface area contributed by atoms with E-state index in [-0.39, 0.29) is 31.4 Å². The van der Waals surface area contributed by atoms with E-state index in [1.165, 1.54) is 24.3 Å². The molecule has 0 saturated heterocycles. The van der Waals surface area contributed by atoms with Gasteiger partial charge in [0.2, 0.25) is 5.91 Å². The third-order valence-corrected chi connectivity index (χ3v) is 3.39. The van der Waals surface area contributed by atoms with Crippen molar-refractivity contribution in [1.82, 2.24) is 10.1 Å². The first-order valence-corrected chi connectivity index (χ1v) is 7.81. The normalized spacial score (nSPS) is 10.3. The van der Waals surface area contributed by atoms with E-state index in [2.05, 4.69) is 15.0 Å². The molecule has 25 heavy (non-hydrogen) atoms. The summed E-state index contributed by atoms with van der Waals surface area (Å²) < 4.78 is 15.0. The van der Waals surface area contributed by atoms with Gasteiger partial charge in [0.25, 0.3) is 5.91 Å². The van der Waals surface area contributed by atoms with Crippen molar-refractivity contribution in [3.05, 3.63) is 41.6 Å². The van der Waals surface area contributed by atoms with Gasteiger partial charge in [-0.05, 0) is 24.3 Å². The molecule has 0 aliphatic rings. The number of benzene rings is 1. The molecule has 0 atom stereocenters. The minimum atomic E-state index is -0.398. The Kier molecular flexibility index (Phi) is 7.24. The summed E-state index contributed by atoms with van der Waals surface area (Å²) in [5.41, 5.74) is 0. The number of carbonyl (C=O) groups excluding carboxylic acids is 2. The Balaban J connectivity index is 1.89. The zero-order valence-electron chi connectivity index (χ0n) is 13.6. The van der Waals surface area contributed by atoms with Gasteiger partial charge in [-0.3, -0.25) is 9.59 Å². The summed E-state index contributed by atoms with van der Waals surface area (Å²) in [6.07, 6.45) is 1.34. The largest absolute Gasteiger partial charge is 0.484 e. The first-order chi connectivity index (χ1) is 12.1. The van der Waals surface area contributed by atoms with Crippen LogP contribution in [0, 0.1) is 0 Å². The number of aromatic nitrogens is 1. The van der Waals surface area contributed by atoms with E-state index in [4.69, 9.17) is 21.1 Å². The van der Waals surface area contributed by atoms with Crippen molar-refractivity contribution in [2.24, 2.45) is 0 Å². The molecule has 0 saturated carbocycles. The fraction of sp³-hybridized carbons (Fsp3) is 0.312. The molecule has 2 rings (SSSR count). The number of hydrogen-bond acceptors (Lipinski definition) is 6. The molecule has 0 fully saturated rings. The molecule has 9 heteroatoms. The zero-order valence-corrected chi connectivity index (χ0v) is 14.4. The molecule has 0 spiro atoms. The van der Waals surface area contributed by atoms with Gasteiger partial charge in [0.1, 0.15) is 18.6 Å². The minimum Gasteiger partial charge on any atom is -0.484 e. The minimum absolute atomic E-state index is 0.154. The van der Waals surface area contributed by atoms with E-state index in [1.807, 2.05) is 0 Å². The predicted octanol–water partition coefficient (Wildman–Crippen LogP) is 1.82. The van der Waals surface area contributed by atoms with Gasteiger partial charge in [0.15, 0.2) is 12.4 Å². The average Bonchev–Trinajstić information content (AvgIpc) is 3.10. The number of methoxy groups -OCH3 is 1. The molecule has 1 N–H and O–H groups in total. The summed E-state index contributed by atoms with van der Waals surface area (Å²) in [5, 5.41) is 6.69. The van der Waals surface area contributed by atoms with Crippen LogP contribution in [-0.4, -0.2) is 55.3 Å². The van der Waals surface area contributed by atoms with E-state index < -0.39 is 5.91 Å². The van der Waals surface area contributed by atoms with Gasteiger partial charge in [-0.2, -0.15) is 0 Å². The van der Waals surface area contributed by atoms with Crippen molar-refractivity contribution in [1.29, 1.82) is 0 Å². The van der Waals surface area contributed by atoms with Crippen LogP contribution >= 0.6 is 11.6 Å². The standard InChI is InChI=1S/C16H18ClN3O5/c1-23-9-7-20(10-15(21)18-14-6-8-25-19-14)16(22)11-24-13-4-2-12(17)3-5-13/h2-6,8H,7,9-11H2,1H3,(H,18,19,21). The van der Waals surface area contributed by atoms with Gasteiger partial charge in [0, 0.05) is 24.7 Å². The van der Waals surface area contributed by atoms with Crippen LogP contribution in [0.15, 0.2) is 41.1 Å². The topological polar surface area (TPSA) is 93.9 Å². The summed E-state index contributed by atoms with van der Waals surface area (Å²) in [7, 11) is 1.52. The summed E-state index contributed by atoms with van der Waals surface area (Å²) in [6, 6.07) is 8.15. The second-order valence-corrected chi connectivity index (χ2v) is 5.42. The Hall–Kier alpha value is -2.58. The van der Waals surface area contributed by atoms with E-state index in [1.54, 1.807) is 24.3 Å². The number of nitrogens with zero attached hydrogens (tertiary/aromatic N) is 2. The van der Waals surface area contributed by atoms with E-state index in [9.17, 15) is 9.59 Å². The maximum atomic E-state index is 12.3. The highest BCUT2D eigenvalue weighted by molar-refractivity contribution is 6.30. The Labute approximate surface area is 149 Å². The number of amides is 2. The fourth-order valence-electron chi connectivity index (χ4n) is 1.89. The lowest BCUT2D eigenvalue weighted by molar-refractivity contribution is -0.137. The molecule has 0 aliphatic heterocycles. The van der Waals surface area contributed by atoms with Crippen LogP contribution in [0.5, 0.6) is 5.75 Å². The monoisotopic (exact) mass is 367 g/mol. The molecule has 1 aromatic heterocycles. The molecular formula is C16H18ClN3O5. The molecule has 0 radical (unpaired) electrons. The van der Waals surface area contributed by atoms with Crippen LogP contribution in [0.4, 0.5) is 5.82 Å². The number of halogens is 1. The van der Waals surface area contributed by atoms with Gasteiger partial charge >= 0.3 is 0 Å². The van der Waals surface area contributed by atoms with Crippen molar-refractivity contribution in [3.63, 3.8) is 0 Å². The molecule has 134 valence electrons. The van der Waals surface area contributed by atoms with Crippen LogP contribution in [-0.2, 0) is 14.3 Å². The van der Waals surface area contributed by atoms with Gasteiger partial charge in [-0.25, -0.2) is 0 Å². The summed E-state index contributed by atoms with van der Waals surface area (Å²) in [4.78, 5) is 25.7. The quantitative estimate of drug-likeness (QED) is 0.726. The lowest BCUT2D eigenvalue weighted by Crippen LogP contribution is -2.42. The van der Waals surface area contributed by atoms with Crippen molar-refractivity contribution in [2.45, 2.75) is 0 Å². The smallest absolute Gasteiger partial charge is 0.261 e. The summed E-state index contributed by atoms with van der Waals surface area (Å²) in [6.45, 7) is 0.192. The zero-order chi connectivity index (χ0) is 18.1. The van der Waals surface area contributed by atoms with Crippen LogP contribution in [0.25, 0.3) is 0 Å². The molecule has 2 aromatic rings. The SMILES string of the molecule is COCCN(CC(=O)Nc1ccon1)C(=O)COc1ccc(Cl)cc1. The maximum absolute atomic E-state index is 12.3. The second-order valence-electron chi connectivity index (χ2n) is 4.98. The van der Waals surface area contributed by atoms with Crippen LogP contribution in [0.1, 0.15) is 0 Å². The number of rotatable bonds is 9. The first kappa shape index (κ1) is 18.8. The van der Waals surface area contributed by atoms with Crippen LogP contribution in [0.3, 0.4) is 0 Å². The number of ether oxygens (including phenoxy) is 2. The second kappa shape index (κ2) is 9.65. The van der Waals surface area contributed by atoms with Gasteiger partial charge in [-0.15, -0.1) is 0 Å². The van der Waals surface area contributed by atoms with Crippen molar-refractivity contribution in [2.75, 3.05) is 38.7 Å². The molecule has 2 amide bonds. The molecule has 0 unspecified atom stereocenters. The molecular weight excluding hydrogens is 350 g/mol. The van der Waals surface area contributed by atoms with Crippen molar-refractivity contribution >= 4 is 29.2 Å². The highest BCUT2D eigenvalue weighted by atomic mass is 35.5. The Morgan fingerprint density at radius 1 is 1.28 bits per heavy atom. The van der Waals surface area contributed by atoms with Gasteiger partial charge < -0.3 is 24.2 Å². The number of anilines is 1. The van der Waals surface area contributed by atoms with Crippen molar-refractivity contribution < 1.29 is 23.6 Å². The Bertz CT molecular complexity index is 676. The third kappa shape index (κ3) is 6.44. The summed E-state index contributed by atoms with van der Waals surface area (Å²) in [5.74, 6) is 0.0465. The predicted molar refractivity (Wildman–Crippen MR) is 90.5 cm³/mol. The molecule has 0 aliphatic carbocycles. The lowest BCUT2D eigenvalue weighted by atomic mass is 10.3.